The van der Waals surface area contributed by atoms with E-state index in [9.17, 15) is 9.59 Å². The van der Waals surface area contributed by atoms with Gasteiger partial charge in [-0.3, -0.25) is 4.79 Å². The Hall–Kier alpha value is -3.02. The fourth-order valence-electron chi connectivity index (χ4n) is 2.25. The standard InChI is InChI=1S/C20H25N3O3/c1-13(2)19(24)22-16-9-8-14(3)18(11-16)23-20(25)21-12-15-6-5-7-17(10-15)26-4/h5-11,13H,12H2,1-4H3,(H,22,24)(H2,21,23,25). The molecule has 0 bridgehead atoms. The minimum absolute atomic E-state index is 0.0673. The van der Waals surface area contributed by atoms with Gasteiger partial charge in [-0.25, -0.2) is 4.79 Å². The highest BCUT2D eigenvalue weighted by Crippen LogP contribution is 2.21. The number of benzene rings is 2. The predicted octanol–water partition coefficient (Wildman–Crippen LogP) is 3.92. The fourth-order valence-corrected chi connectivity index (χ4v) is 2.25. The monoisotopic (exact) mass is 355 g/mol. The average Bonchev–Trinajstić information content (AvgIpc) is 2.62. The third-order valence-electron chi connectivity index (χ3n) is 3.86. The van der Waals surface area contributed by atoms with Crippen LogP contribution in [0.15, 0.2) is 42.5 Å². The molecule has 0 aliphatic heterocycles. The second-order valence-corrected chi connectivity index (χ2v) is 6.33. The molecule has 0 atom stereocenters. The van der Waals surface area contributed by atoms with Crippen LogP contribution in [0.2, 0.25) is 0 Å². The smallest absolute Gasteiger partial charge is 0.319 e. The number of nitrogens with one attached hydrogen (secondary N) is 3. The summed E-state index contributed by atoms with van der Waals surface area (Å²) in [6.45, 7) is 5.93. The molecule has 0 aromatic heterocycles. The molecule has 0 fully saturated rings. The summed E-state index contributed by atoms with van der Waals surface area (Å²) in [4.78, 5) is 24.0. The summed E-state index contributed by atoms with van der Waals surface area (Å²) in [7, 11) is 1.60. The first kappa shape index (κ1) is 19.3. The van der Waals surface area contributed by atoms with Crippen LogP contribution >= 0.6 is 0 Å². The van der Waals surface area contributed by atoms with Gasteiger partial charge in [-0.1, -0.05) is 32.0 Å². The predicted molar refractivity (Wildman–Crippen MR) is 103 cm³/mol. The van der Waals surface area contributed by atoms with Crippen molar-refractivity contribution in [3.63, 3.8) is 0 Å². The van der Waals surface area contributed by atoms with Gasteiger partial charge in [-0.15, -0.1) is 0 Å². The number of carbonyl (C=O) groups is 2. The summed E-state index contributed by atoms with van der Waals surface area (Å²) >= 11 is 0. The van der Waals surface area contributed by atoms with Crippen molar-refractivity contribution < 1.29 is 14.3 Å². The summed E-state index contributed by atoms with van der Waals surface area (Å²) in [5.74, 6) is 0.565. The van der Waals surface area contributed by atoms with Gasteiger partial charge in [0.05, 0.1) is 7.11 Å². The molecule has 6 nitrogen and oxygen atoms in total. The van der Waals surface area contributed by atoms with Crippen LogP contribution in [0, 0.1) is 12.8 Å². The Kier molecular flexibility index (Phi) is 6.60. The first-order valence-electron chi connectivity index (χ1n) is 8.48. The quantitative estimate of drug-likeness (QED) is 0.735. The van der Waals surface area contributed by atoms with Crippen molar-refractivity contribution in [2.75, 3.05) is 17.7 Å². The third kappa shape index (κ3) is 5.51. The van der Waals surface area contributed by atoms with Gasteiger partial charge in [-0.05, 0) is 42.3 Å². The van der Waals surface area contributed by atoms with E-state index in [0.29, 0.717) is 17.9 Å². The van der Waals surface area contributed by atoms with Gasteiger partial charge in [0.2, 0.25) is 5.91 Å². The van der Waals surface area contributed by atoms with Gasteiger partial charge in [0.15, 0.2) is 0 Å². The average molecular weight is 355 g/mol. The summed E-state index contributed by atoms with van der Waals surface area (Å²) in [6, 6.07) is 12.6. The lowest BCUT2D eigenvalue weighted by Crippen LogP contribution is -2.28. The van der Waals surface area contributed by atoms with E-state index < -0.39 is 0 Å². The highest BCUT2D eigenvalue weighted by molar-refractivity contribution is 5.94. The van der Waals surface area contributed by atoms with Crippen molar-refractivity contribution in [2.45, 2.75) is 27.3 Å². The van der Waals surface area contributed by atoms with Crippen molar-refractivity contribution in [1.29, 1.82) is 0 Å². The summed E-state index contributed by atoms with van der Waals surface area (Å²) in [6.07, 6.45) is 0. The van der Waals surface area contributed by atoms with Crippen molar-refractivity contribution in [2.24, 2.45) is 5.92 Å². The largest absolute Gasteiger partial charge is 0.497 e. The minimum Gasteiger partial charge on any atom is -0.497 e. The Morgan fingerprint density at radius 3 is 2.54 bits per heavy atom. The Morgan fingerprint density at radius 2 is 1.85 bits per heavy atom. The van der Waals surface area contributed by atoms with E-state index in [-0.39, 0.29) is 17.9 Å². The number of hydrogen-bond donors (Lipinski definition) is 3. The van der Waals surface area contributed by atoms with Crippen LogP contribution in [-0.4, -0.2) is 19.0 Å². The molecule has 0 aliphatic rings. The molecular weight excluding hydrogens is 330 g/mol. The Balaban J connectivity index is 1.98. The number of anilines is 2. The number of amides is 3. The second kappa shape index (κ2) is 8.89. The molecule has 2 rings (SSSR count). The fraction of sp³-hybridized carbons (Fsp3) is 0.300. The molecule has 3 N–H and O–H groups in total. The van der Waals surface area contributed by atoms with Crippen molar-refractivity contribution in [3.05, 3.63) is 53.6 Å². The molecule has 138 valence electrons. The Morgan fingerprint density at radius 1 is 1.08 bits per heavy atom. The number of aryl methyl sites for hydroxylation is 1. The molecule has 2 aromatic carbocycles. The molecular formula is C20H25N3O3. The molecule has 2 aromatic rings. The van der Waals surface area contributed by atoms with E-state index >= 15 is 0 Å². The highest BCUT2D eigenvalue weighted by Gasteiger charge is 2.10. The van der Waals surface area contributed by atoms with Gasteiger partial charge in [0.1, 0.15) is 5.75 Å². The normalized spacial score (nSPS) is 10.3. The van der Waals surface area contributed by atoms with Gasteiger partial charge in [-0.2, -0.15) is 0 Å². The first-order chi connectivity index (χ1) is 12.4. The van der Waals surface area contributed by atoms with E-state index in [1.54, 1.807) is 13.2 Å². The third-order valence-corrected chi connectivity index (χ3v) is 3.86. The SMILES string of the molecule is COc1cccc(CNC(=O)Nc2cc(NC(=O)C(C)C)ccc2C)c1. The highest BCUT2D eigenvalue weighted by atomic mass is 16.5. The van der Waals surface area contributed by atoms with E-state index in [1.807, 2.05) is 57.2 Å². The van der Waals surface area contributed by atoms with E-state index in [4.69, 9.17) is 4.74 Å². The molecule has 6 heteroatoms. The van der Waals surface area contributed by atoms with Crippen LogP contribution in [0.25, 0.3) is 0 Å². The van der Waals surface area contributed by atoms with E-state index in [1.165, 1.54) is 0 Å². The lowest BCUT2D eigenvalue weighted by molar-refractivity contribution is -0.118. The number of methoxy groups -OCH3 is 1. The topological polar surface area (TPSA) is 79.5 Å². The van der Waals surface area contributed by atoms with Gasteiger partial charge in [0, 0.05) is 23.8 Å². The summed E-state index contributed by atoms with van der Waals surface area (Å²) in [5.41, 5.74) is 3.14. The number of rotatable bonds is 6. The molecule has 0 unspecified atom stereocenters. The molecule has 0 aliphatic carbocycles. The Bertz CT molecular complexity index is 788. The second-order valence-electron chi connectivity index (χ2n) is 6.33. The lowest BCUT2D eigenvalue weighted by Gasteiger charge is -2.13. The maximum Gasteiger partial charge on any atom is 0.319 e. The molecule has 0 spiro atoms. The van der Waals surface area contributed by atoms with Crippen LogP contribution in [0.1, 0.15) is 25.0 Å². The Labute approximate surface area is 153 Å². The van der Waals surface area contributed by atoms with E-state index in [0.717, 1.165) is 16.9 Å². The van der Waals surface area contributed by atoms with E-state index in [2.05, 4.69) is 16.0 Å². The van der Waals surface area contributed by atoms with Crippen LogP contribution in [0.3, 0.4) is 0 Å². The van der Waals surface area contributed by atoms with Crippen LogP contribution in [0.5, 0.6) is 5.75 Å². The zero-order valence-corrected chi connectivity index (χ0v) is 15.6. The van der Waals surface area contributed by atoms with Gasteiger partial charge in [0.25, 0.3) is 0 Å². The molecule has 3 amide bonds. The summed E-state index contributed by atoms with van der Waals surface area (Å²) < 4.78 is 5.17. The van der Waals surface area contributed by atoms with Crippen LogP contribution < -0.4 is 20.7 Å². The van der Waals surface area contributed by atoms with Crippen LogP contribution in [0.4, 0.5) is 16.2 Å². The molecule has 0 heterocycles. The molecule has 26 heavy (non-hydrogen) atoms. The van der Waals surface area contributed by atoms with Crippen molar-refractivity contribution >= 4 is 23.3 Å². The molecule has 0 saturated heterocycles. The maximum absolute atomic E-state index is 12.2. The number of carbonyl (C=O) groups excluding carboxylic acids is 2. The number of hydrogen-bond acceptors (Lipinski definition) is 3. The number of urea groups is 1. The number of ether oxygens (including phenoxy) is 1. The molecule has 0 saturated carbocycles. The van der Waals surface area contributed by atoms with Gasteiger partial charge < -0.3 is 20.7 Å². The molecule has 0 radical (unpaired) electrons. The van der Waals surface area contributed by atoms with Crippen molar-refractivity contribution in [1.82, 2.24) is 5.32 Å². The van der Waals surface area contributed by atoms with Crippen LogP contribution in [-0.2, 0) is 11.3 Å². The van der Waals surface area contributed by atoms with Gasteiger partial charge >= 0.3 is 6.03 Å². The minimum atomic E-state index is -0.316. The first-order valence-corrected chi connectivity index (χ1v) is 8.48. The zero-order chi connectivity index (χ0) is 19.1. The van der Waals surface area contributed by atoms with Crippen molar-refractivity contribution in [3.8, 4) is 5.75 Å². The summed E-state index contributed by atoms with van der Waals surface area (Å²) in [5, 5.41) is 8.46. The zero-order valence-electron chi connectivity index (χ0n) is 15.6. The lowest BCUT2D eigenvalue weighted by atomic mass is 10.1. The maximum atomic E-state index is 12.2.